The molecule has 0 saturated carbocycles. The molecule has 2 heterocycles. The summed E-state index contributed by atoms with van der Waals surface area (Å²) in [7, 11) is 0. The minimum Gasteiger partial charge on any atom is -0.285 e. The topological polar surface area (TPSA) is 70.2 Å². The molecule has 2 rings (SSSR count). The van der Waals surface area contributed by atoms with E-state index in [9.17, 15) is 0 Å². The van der Waals surface area contributed by atoms with E-state index in [4.69, 9.17) is 0 Å². The molecule has 5 heteroatoms. The van der Waals surface area contributed by atoms with Crippen LogP contribution in [0.1, 0.15) is 0 Å². The van der Waals surface area contributed by atoms with Crippen LogP contribution in [0.2, 0.25) is 0 Å². The highest BCUT2D eigenvalue weighted by atomic mass is 15.3. The summed E-state index contributed by atoms with van der Waals surface area (Å²) in [5, 5.41) is 16.2. The van der Waals surface area contributed by atoms with Gasteiger partial charge in [-0.2, -0.15) is 5.10 Å². The summed E-state index contributed by atoms with van der Waals surface area (Å²) in [6.45, 7) is 0. The second kappa shape index (κ2) is 1.94. The Balaban J connectivity index is 2.48. The molecule has 0 amide bonds. The minimum atomic E-state index is 0.696. The average molecular weight is 134 g/mol. The van der Waals surface area contributed by atoms with E-state index < -0.39 is 0 Å². The van der Waals surface area contributed by atoms with Crippen LogP contribution in [0, 0.1) is 6.20 Å². The van der Waals surface area contributed by atoms with Crippen LogP contribution < -0.4 is 0 Å². The third-order valence-corrected chi connectivity index (χ3v) is 1.13. The van der Waals surface area contributed by atoms with Crippen molar-refractivity contribution in [3.63, 3.8) is 0 Å². The lowest BCUT2D eigenvalue weighted by molar-refractivity contribution is 0.938. The van der Waals surface area contributed by atoms with E-state index in [0.717, 1.165) is 5.69 Å². The Morgan fingerprint density at radius 3 is 3.10 bits per heavy atom. The number of nitrogens with zero attached hydrogens (tertiary/aromatic N) is 3. The van der Waals surface area contributed by atoms with Crippen LogP contribution in [-0.4, -0.2) is 25.6 Å². The molecule has 2 aromatic heterocycles. The molecule has 0 aliphatic carbocycles. The maximum absolute atomic E-state index is 3.89. The highest BCUT2D eigenvalue weighted by Gasteiger charge is 1.99. The summed E-state index contributed by atoms with van der Waals surface area (Å²) in [5.74, 6) is 0. The van der Waals surface area contributed by atoms with Crippen molar-refractivity contribution in [1.82, 2.24) is 25.6 Å². The molecule has 0 unspecified atom stereocenters. The Morgan fingerprint density at radius 2 is 2.50 bits per heavy atom. The Bertz CT molecular complexity index is 249. The average Bonchev–Trinajstić information content (AvgIpc) is 2.59. The summed E-state index contributed by atoms with van der Waals surface area (Å²) in [6.07, 6.45) is 4.37. The molecular formula is C5H4N5. The fraction of sp³-hybridized carbons (Fsp3) is 0. The summed E-state index contributed by atoms with van der Waals surface area (Å²) >= 11 is 0. The number of hydrogen-bond acceptors (Lipinski definition) is 3. The lowest BCUT2D eigenvalue weighted by atomic mass is 10.3. The molecule has 49 valence electrons. The van der Waals surface area contributed by atoms with Crippen LogP contribution in [0.15, 0.2) is 12.3 Å². The van der Waals surface area contributed by atoms with Gasteiger partial charge in [0.25, 0.3) is 0 Å². The van der Waals surface area contributed by atoms with Gasteiger partial charge in [-0.25, -0.2) is 0 Å². The number of rotatable bonds is 1. The van der Waals surface area contributed by atoms with E-state index in [1.165, 1.54) is 0 Å². The zero-order chi connectivity index (χ0) is 6.81. The molecule has 10 heavy (non-hydrogen) atoms. The van der Waals surface area contributed by atoms with Gasteiger partial charge in [0.2, 0.25) is 0 Å². The highest BCUT2D eigenvalue weighted by molar-refractivity contribution is 5.49. The van der Waals surface area contributed by atoms with Crippen LogP contribution in [-0.2, 0) is 0 Å². The lowest BCUT2D eigenvalue weighted by Gasteiger charge is -1.81. The predicted molar refractivity (Wildman–Crippen MR) is 32.8 cm³/mol. The smallest absolute Gasteiger partial charge is 0.145 e. The maximum atomic E-state index is 3.89. The van der Waals surface area contributed by atoms with E-state index in [0.29, 0.717) is 5.69 Å². The lowest BCUT2D eigenvalue weighted by Crippen LogP contribution is -1.76. The first-order valence-corrected chi connectivity index (χ1v) is 2.76. The van der Waals surface area contributed by atoms with Crippen molar-refractivity contribution in [2.45, 2.75) is 0 Å². The quantitative estimate of drug-likeness (QED) is 0.576. The fourth-order valence-electron chi connectivity index (χ4n) is 0.689. The van der Waals surface area contributed by atoms with E-state index >= 15 is 0 Å². The second-order valence-electron chi connectivity index (χ2n) is 1.76. The number of H-pyrrole nitrogens is 2. The SMILES string of the molecule is [c]1nn[nH]c1-c1cc[nH]n1. The minimum absolute atomic E-state index is 0.696. The summed E-state index contributed by atoms with van der Waals surface area (Å²) in [5.41, 5.74) is 1.46. The monoisotopic (exact) mass is 134 g/mol. The molecule has 0 spiro atoms. The van der Waals surface area contributed by atoms with Gasteiger partial charge in [-0.3, -0.25) is 10.2 Å². The summed E-state index contributed by atoms with van der Waals surface area (Å²) in [4.78, 5) is 0. The number of aromatic nitrogens is 5. The molecule has 0 atom stereocenters. The number of nitrogens with one attached hydrogen (secondary N) is 2. The van der Waals surface area contributed by atoms with Crippen LogP contribution in [0.4, 0.5) is 0 Å². The molecule has 2 aromatic rings. The molecule has 0 aliphatic heterocycles. The van der Waals surface area contributed by atoms with Crippen molar-refractivity contribution in [2.24, 2.45) is 0 Å². The first kappa shape index (κ1) is 5.16. The first-order valence-electron chi connectivity index (χ1n) is 2.76. The predicted octanol–water partition coefficient (Wildman–Crippen LogP) is -0.00501. The highest BCUT2D eigenvalue weighted by Crippen LogP contribution is 2.07. The Kier molecular flexibility index (Phi) is 1.00. The molecule has 0 saturated heterocycles. The van der Waals surface area contributed by atoms with Crippen LogP contribution in [0.3, 0.4) is 0 Å². The van der Waals surface area contributed by atoms with Gasteiger partial charge in [0, 0.05) is 6.20 Å². The molecule has 2 N–H and O–H groups in total. The van der Waals surface area contributed by atoms with Crippen LogP contribution in [0.5, 0.6) is 0 Å². The van der Waals surface area contributed by atoms with Crippen molar-refractivity contribution in [3.8, 4) is 11.4 Å². The van der Waals surface area contributed by atoms with Gasteiger partial charge in [0.05, 0.1) is 0 Å². The molecule has 0 bridgehead atoms. The van der Waals surface area contributed by atoms with E-state index in [1.807, 2.05) is 6.07 Å². The normalized spacial score (nSPS) is 10.0. The van der Waals surface area contributed by atoms with Crippen molar-refractivity contribution >= 4 is 0 Å². The largest absolute Gasteiger partial charge is 0.285 e. The number of aromatic amines is 2. The molecular weight excluding hydrogens is 130 g/mol. The summed E-state index contributed by atoms with van der Waals surface area (Å²) < 4.78 is 0. The van der Waals surface area contributed by atoms with Gasteiger partial charge in [0.15, 0.2) is 0 Å². The molecule has 1 radical (unpaired) electrons. The van der Waals surface area contributed by atoms with Gasteiger partial charge in [0.1, 0.15) is 17.6 Å². The van der Waals surface area contributed by atoms with Gasteiger partial charge >= 0.3 is 0 Å². The van der Waals surface area contributed by atoms with Crippen molar-refractivity contribution in [2.75, 3.05) is 0 Å². The van der Waals surface area contributed by atoms with Gasteiger partial charge in [-0.1, -0.05) is 5.21 Å². The zero-order valence-electron chi connectivity index (χ0n) is 5.00. The van der Waals surface area contributed by atoms with Gasteiger partial charge in [-0.05, 0) is 6.07 Å². The zero-order valence-corrected chi connectivity index (χ0v) is 5.00. The third kappa shape index (κ3) is 0.680. The first-order chi connectivity index (χ1) is 4.97. The molecule has 0 aromatic carbocycles. The van der Waals surface area contributed by atoms with E-state index in [2.05, 4.69) is 31.8 Å². The van der Waals surface area contributed by atoms with E-state index in [1.54, 1.807) is 6.20 Å². The van der Waals surface area contributed by atoms with Crippen molar-refractivity contribution in [3.05, 3.63) is 18.5 Å². The van der Waals surface area contributed by atoms with Gasteiger partial charge in [-0.15, -0.1) is 5.10 Å². The Morgan fingerprint density at radius 1 is 1.50 bits per heavy atom. The standard InChI is InChI=1S/C5H4N5/c1-2-6-8-4(1)5-3-7-10-9-5/h1-2H,(H,6,8)(H,7,9,10). The maximum Gasteiger partial charge on any atom is 0.145 e. The number of hydrogen-bond donors (Lipinski definition) is 2. The fourth-order valence-corrected chi connectivity index (χ4v) is 0.689. The Hall–Kier alpha value is -1.65. The van der Waals surface area contributed by atoms with Crippen LogP contribution in [0.25, 0.3) is 11.4 Å². The van der Waals surface area contributed by atoms with E-state index in [-0.39, 0.29) is 0 Å². The Labute approximate surface area is 56.5 Å². The van der Waals surface area contributed by atoms with Crippen LogP contribution >= 0.6 is 0 Å². The third-order valence-electron chi connectivity index (χ3n) is 1.13. The van der Waals surface area contributed by atoms with Gasteiger partial charge < -0.3 is 0 Å². The molecule has 5 nitrogen and oxygen atoms in total. The summed E-state index contributed by atoms with van der Waals surface area (Å²) in [6, 6.07) is 1.81. The molecule has 0 fully saturated rings. The van der Waals surface area contributed by atoms with Crippen molar-refractivity contribution < 1.29 is 0 Å². The molecule has 0 aliphatic rings. The van der Waals surface area contributed by atoms with Crippen molar-refractivity contribution in [1.29, 1.82) is 0 Å². The second-order valence-corrected chi connectivity index (χ2v) is 1.76.